The van der Waals surface area contributed by atoms with Crippen LogP contribution in [0.2, 0.25) is 0 Å². The highest BCUT2D eigenvalue weighted by molar-refractivity contribution is 7.80. The maximum atomic E-state index is 5.72. The van der Waals surface area contributed by atoms with E-state index in [0.717, 1.165) is 23.4 Å². The molecule has 0 aliphatic carbocycles. The number of aromatic nitrogens is 2. The van der Waals surface area contributed by atoms with Crippen LogP contribution in [-0.4, -0.2) is 14.8 Å². The van der Waals surface area contributed by atoms with Gasteiger partial charge in [-0.1, -0.05) is 31.3 Å². The lowest BCUT2D eigenvalue weighted by Gasteiger charge is -2.09. The second-order valence-electron chi connectivity index (χ2n) is 4.73. The fourth-order valence-electron chi connectivity index (χ4n) is 1.78. The van der Waals surface area contributed by atoms with Crippen molar-refractivity contribution in [3.8, 4) is 5.75 Å². The Labute approximate surface area is 124 Å². The molecule has 0 aliphatic heterocycles. The lowest BCUT2D eigenvalue weighted by atomic mass is 10.2. The van der Waals surface area contributed by atoms with Gasteiger partial charge in [-0.15, -0.1) is 0 Å². The lowest BCUT2D eigenvalue weighted by Crippen LogP contribution is -2.09. The Bertz CT molecular complexity index is 594. The average Bonchev–Trinajstić information content (AvgIpc) is 2.93. The summed E-state index contributed by atoms with van der Waals surface area (Å²) in [6, 6.07) is 9.85. The predicted octanol–water partition coefficient (Wildman–Crippen LogP) is 3.07. The maximum absolute atomic E-state index is 5.72. The van der Waals surface area contributed by atoms with E-state index in [4.69, 9.17) is 22.7 Å². The van der Waals surface area contributed by atoms with E-state index in [1.54, 1.807) is 0 Å². The van der Waals surface area contributed by atoms with Crippen LogP contribution in [-0.2, 0) is 6.61 Å². The van der Waals surface area contributed by atoms with Gasteiger partial charge in [-0.3, -0.25) is 4.68 Å². The third-order valence-corrected chi connectivity index (χ3v) is 3.45. The normalized spacial score (nSPS) is 12.1. The van der Waals surface area contributed by atoms with Crippen LogP contribution in [0.25, 0.3) is 0 Å². The molecule has 0 aliphatic rings. The molecule has 1 atom stereocenters. The van der Waals surface area contributed by atoms with E-state index in [9.17, 15) is 0 Å². The van der Waals surface area contributed by atoms with Crippen molar-refractivity contribution in [1.29, 1.82) is 0 Å². The molecule has 1 unspecified atom stereocenters. The van der Waals surface area contributed by atoms with Gasteiger partial charge in [0, 0.05) is 17.8 Å². The summed E-state index contributed by atoms with van der Waals surface area (Å²) in [4.78, 5) is 0.372. The van der Waals surface area contributed by atoms with Crippen LogP contribution < -0.4 is 10.5 Å². The molecule has 2 rings (SSSR count). The molecule has 2 N–H and O–H groups in total. The first-order chi connectivity index (χ1) is 9.60. The molecule has 0 radical (unpaired) electrons. The van der Waals surface area contributed by atoms with E-state index in [2.05, 4.69) is 18.9 Å². The van der Waals surface area contributed by atoms with Gasteiger partial charge in [0.05, 0.1) is 5.69 Å². The molecule has 20 heavy (non-hydrogen) atoms. The largest absolute Gasteiger partial charge is 0.487 e. The second-order valence-corrected chi connectivity index (χ2v) is 5.16. The van der Waals surface area contributed by atoms with Crippen molar-refractivity contribution >= 4 is 17.2 Å². The highest BCUT2D eigenvalue weighted by Crippen LogP contribution is 2.15. The molecule has 0 saturated carbocycles. The summed E-state index contributed by atoms with van der Waals surface area (Å²) in [5.74, 6) is 0.744. The number of nitrogens with two attached hydrogens (primary N) is 1. The molecule has 0 amide bonds. The number of hydrogen-bond donors (Lipinski definition) is 1. The minimum atomic E-state index is 0.372. The zero-order chi connectivity index (χ0) is 14.5. The highest BCUT2D eigenvalue weighted by Gasteiger charge is 2.05. The zero-order valence-electron chi connectivity index (χ0n) is 11.7. The number of nitrogens with zero attached hydrogens (tertiary/aromatic N) is 2. The van der Waals surface area contributed by atoms with Crippen LogP contribution >= 0.6 is 12.2 Å². The van der Waals surface area contributed by atoms with Gasteiger partial charge in [-0.2, -0.15) is 5.10 Å². The van der Waals surface area contributed by atoms with Gasteiger partial charge in [0.15, 0.2) is 0 Å². The summed E-state index contributed by atoms with van der Waals surface area (Å²) < 4.78 is 7.68. The number of ether oxygens (including phenoxy) is 1. The Morgan fingerprint density at radius 3 is 2.95 bits per heavy atom. The molecule has 0 spiro atoms. The number of rotatable bonds is 6. The Hall–Kier alpha value is -1.88. The fourth-order valence-corrected chi connectivity index (χ4v) is 1.91. The van der Waals surface area contributed by atoms with E-state index in [1.807, 2.05) is 41.2 Å². The maximum Gasteiger partial charge on any atom is 0.132 e. The minimum absolute atomic E-state index is 0.372. The number of thiocarbonyl (C=S) groups is 1. The van der Waals surface area contributed by atoms with Gasteiger partial charge in [-0.05, 0) is 31.5 Å². The first-order valence-electron chi connectivity index (χ1n) is 6.67. The van der Waals surface area contributed by atoms with Crippen LogP contribution in [0.3, 0.4) is 0 Å². The minimum Gasteiger partial charge on any atom is -0.487 e. The lowest BCUT2D eigenvalue weighted by molar-refractivity contribution is 0.298. The van der Waals surface area contributed by atoms with Crippen LogP contribution in [0.5, 0.6) is 5.75 Å². The highest BCUT2D eigenvalue weighted by atomic mass is 32.1. The van der Waals surface area contributed by atoms with E-state index >= 15 is 0 Å². The van der Waals surface area contributed by atoms with Gasteiger partial charge in [0.25, 0.3) is 0 Å². The van der Waals surface area contributed by atoms with E-state index in [1.165, 1.54) is 0 Å². The van der Waals surface area contributed by atoms with Crippen molar-refractivity contribution in [1.82, 2.24) is 9.78 Å². The smallest absolute Gasteiger partial charge is 0.132 e. The standard InChI is InChI=1S/C15H19N3OS/c1-3-11(2)18-8-7-13(17-18)10-19-14-6-4-5-12(9-14)15(16)20/h4-9,11H,3,10H2,1-2H3,(H2,16,20). The molecule has 2 aromatic rings. The molecule has 1 aromatic carbocycles. The SMILES string of the molecule is CCC(C)n1ccc(COc2cccc(C(N)=S)c2)n1. The van der Waals surface area contributed by atoms with Crippen molar-refractivity contribution in [3.05, 3.63) is 47.8 Å². The van der Waals surface area contributed by atoms with Crippen LogP contribution in [0.4, 0.5) is 0 Å². The van der Waals surface area contributed by atoms with E-state index in [-0.39, 0.29) is 0 Å². The fraction of sp³-hybridized carbons (Fsp3) is 0.333. The van der Waals surface area contributed by atoms with Gasteiger partial charge < -0.3 is 10.5 Å². The Balaban J connectivity index is 2.00. The molecule has 1 heterocycles. The van der Waals surface area contributed by atoms with Crippen molar-refractivity contribution in [2.45, 2.75) is 32.9 Å². The number of hydrogen-bond acceptors (Lipinski definition) is 3. The van der Waals surface area contributed by atoms with Gasteiger partial charge in [0.1, 0.15) is 17.3 Å². The van der Waals surface area contributed by atoms with Crippen molar-refractivity contribution in [2.24, 2.45) is 5.73 Å². The monoisotopic (exact) mass is 289 g/mol. The summed E-state index contributed by atoms with van der Waals surface area (Å²) in [6.45, 7) is 4.72. The van der Waals surface area contributed by atoms with Gasteiger partial charge in [0.2, 0.25) is 0 Å². The topological polar surface area (TPSA) is 53.1 Å². The van der Waals surface area contributed by atoms with E-state index in [0.29, 0.717) is 17.6 Å². The van der Waals surface area contributed by atoms with Crippen molar-refractivity contribution in [2.75, 3.05) is 0 Å². The summed E-state index contributed by atoms with van der Waals surface area (Å²) >= 11 is 4.95. The summed E-state index contributed by atoms with van der Waals surface area (Å²) in [5.41, 5.74) is 7.32. The van der Waals surface area contributed by atoms with Crippen LogP contribution in [0.1, 0.15) is 37.6 Å². The molecule has 5 heteroatoms. The first kappa shape index (κ1) is 14.5. The first-order valence-corrected chi connectivity index (χ1v) is 7.07. The molecule has 0 fully saturated rings. The quantitative estimate of drug-likeness (QED) is 0.830. The average molecular weight is 289 g/mol. The molecule has 0 bridgehead atoms. The molecule has 0 saturated heterocycles. The summed E-state index contributed by atoms with van der Waals surface area (Å²) in [5, 5.41) is 4.49. The molecule has 106 valence electrons. The van der Waals surface area contributed by atoms with Crippen molar-refractivity contribution < 1.29 is 4.74 Å². The summed E-state index contributed by atoms with van der Waals surface area (Å²) in [7, 11) is 0. The molecular weight excluding hydrogens is 270 g/mol. The zero-order valence-corrected chi connectivity index (χ0v) is 12.6. The summed E-state index contributed by atoms with van der Waals surface area (Å²) in [6.07, 6.45) is 3.04. The Morgan fingerprint density at radius 1 is 1.45 bits per heavy atom. The molecule has 1 aromatic heterocycles. The van der Waals surface area contributed by atoms with E-state index < -0.39 is 0 Å². The predicted molar refractivity (Wildman–Crippen MR) is 83.9 cm³/mol. The Morgan fingerprint density at radius 2 is 2.25 bits per heavy atom. The molecular formula is C15H19N3OS. The second kappa shape index (κ2) is 6.52. The third kappa shape index (κ3) is 3.57. The molecule has 4 nitrogen and oxygen atoms in total. The third-order valence-electron chi connectivity index (χ3n) is 3.21. The van der Waals surface area contributed by atoms with Crippen molar-refractivity contribution in [3.63, 3.8) is 0 Å². The van der Waals surface area contributed by atoms with Crippen LogP contribution in [0.15, 0.2) is 36.5 Å². The Kier molecular flexibility index (Phi) is 4.74. The van der Waals surface area contributed by atoms with Crippen LogP contribution in [0, 0.1) is 0 Å². The van der Waals surface area contributed by atoms with Gasteiger partial charge in [-0.25, -0.2) is 0 Å². The van der Waals surface area contributed by atoms with Gasteiger partial charge >= 0.3 is 0 Å². The number of benzene rings is 1.